The van der Waals surface area contributed by atoms with Crippen LogP contribution in [0.4, 0.5) is 5.69 Å². The Kier molecular flexibility index (Phi) is 7.86. The van der Waals surface area contributed by atoms with Crippen molar-refractivity contribution in [3.63, 3.8) is 0 Å². The van der Waals surface area contributed by atoms with Crippen LogP contribution in [0, 0.1) is 17.0 Å². The second-order valence-electron chi connectivity index (χ2n) is 7.53. The van der Waals surface area contributed by atoms with Gasteiger partial charge in [0.05, 0.1) is 29.2 Å². The number of rotatable bonds is 7. The summed E-state index contributed by atoms with van der Waals surface area (Å²) in [6, 6.07) is 13.6. The van der Waals surface area contributed by atoms with Crippen LogP contribution in [0.5, 0.6) is 11.5 Å². The van der Waals surface area contributed by atoms with E-state index in [-0.39, 0.29) is 29.4 Å². The Morgan fingerprint density at radius 1 is 1.11 bits per heavy atom. The number of methoxy groups -OCH3 is 1. The monoisotopic (exact) mass is 678 g/mol. The molecule has 3 aromatic carbocycles. The highest BCUT2D eigenvalue weighted by atomic mass is 79.9. The average molecular weight is 681 g/mol. The Balaban J connectivity index is 1.71. The van der Waals surface area contributed by atoms with Gasteiger partial charge < -0.3 is 9.47 Å². The first-order chi connectivity index (χ1) is 17.2. The summed E-state index contributed by atoms with van der Waals surface area (Å²) in [4.78, 5) is 28.7. The van der Waals surface area contributed by atoms with Gasteiger partial charge in [-0.05, 0) is 43.3 Å². The van der Waals surface area contributed by atoms with E-state index in [0.29, 0.717) is 22.3 Å². The summed E-state index contributed by atoms with van der Waals surface area (Å²) < 4.78 is 14.8. The molecule has 0 aliphatic rings. The minimum Gasteiger partial charge on any atom is -0.493 e. The lowest BCUT2D eigenvalue weighted by molar-refractivity contribution is -0.386. The molecule has 1 heterocycles. The molecular formula is C24H17Br3N4O5. The summed E-state index contributed by atoms with van der Waals surface area (Å²) >= 11 is 10.2. The van der Waals surface area contributed by atoms with Gasteiger partial charge in [-0.15, -0.1) is 0 Å². The van der Waals surface area contributed by atoms with Gasteiger partial charge in [0.2, 0.25) is 5.75 Å². The van der Waals surface area contributed by atoms with Crippen molar-refractivity contribution < 1.29 is 14.4 Å². The zero-order valence-corrected chi connectivity index (χ0v) is 23.6. The Morgan fingerprint density at radius 2 is 1.83 bits per heavy atom. The van der Waals surface area contributed by atoms with Gasteiger partial charge in [-0.3, -0.25) is 14.9 Å². The number of aromatic nitrogens is 2. The van der Waals surface area contributed by atoms with Gasteiger partial charge in [0.1, 0.15) is 12.4 Å². The lowest BCUT2D eigenvalue weighted by atomic mass is 10.1. The smallest absolute Gasteiger partial charge is 0.315 e. The summed E-state index contributed by atoms with van der Waals surface area (Å²) in [6.45, 7) is 1.73. The van der Waals surface area contributed by atoms with Gasteiger partial charge in [-0.25, -0.2) is 4.98 Å². The second-order valence-corrected chi connectivity index (χ2v) is 10.2. The van der Waals surface area contributed by atoms with Crippen molar-refractivity contribution in [2.24, 2.45) is 5.10 Å². The van der Waals surface area contributed by atoms with Crippen molar-refractivity contribution in [2.75, 3.05) is 7.11 Å². The Morgan fingerprint density at radius 3 is 2.53 bits per heavy atom. The SMILES string of the molecule is COc1cc(C=Nn2c(C)nc3ccc(Br)cc3c2=O)cc([N+](=O)[O-])c1OCc1ccc(Br)cc1Br. The van der Waals surface area contributed by atoms with Crippen molar-refractivity contribution in [2.45, 2.75) is 13.5 Å². The molecule has 0 aliphatic heterocycles. The van der Waals surface area contributed by atoms with Crippen LogP contribution in [-0.4, -0.2) is 27.9 Å². The predicted molar refractivity (Wildman–Crippen MR) is 147 cm³/mol. The minimum absolute atomic E-state index is 0.0139. The van der Waals surface area contributed by atoms with Crippen LogP contribution in [0.3, 0.4) is 0 Å². The van der Waals surface area contributed by atoms with E-state index in [1.165, 1.54) is 19.4 Å². The zero-order valence-electron chi connectivity index (χ0n) is 18.9. The first kappa shape index (κ1) is 26.0. The molecule has 9 nitrogen and oxygen atoms in total. The molecule has 4 rings (SSSR count). The average Bonchev–Trinajstić information content (AvgIpc) is 2.83. The number of benzene rings is 3. The maximum absolute atomic E-state index is 13.0. The summed E-state index contributed by atoms with van der Waals surface area (Å²) in [5, 5.41) is 16.5. The minimum atomic E-state index is -0.557. The highest BCUT2D eigenvalue weighted by Crippen LogP contribution is 2.39. The first-order valence-electron chi connectivity index (χ1n) is 10.3. The van der Waals surface area contributed by atoms with Crippen LogP contribution >= 0.6 is 47.8 Å². The van der Waals surface area contributed by atoms with Crippen molar-refractivity contribution in [3.05, 3.63) is 99.4 Å². The molecule has 0 fully saturated rings. The number of nitrogens with zero attached hydrogens (tertiary/aromatic N) is 4. The summed E-state index contributed by atoms with van der Waals surface area (Å²) in [6.07, 6.45) is 1.34. The van der Waals surface area contributed by atoms with Crippen molar-refractivity contribution >= 4 is 70.6 Å². The Bertz CT molecular complexity index is 1590. The second kappa shape index (κ2) is 10.9. The molecule has 1 aromatic heterocycles. The van der Waals surface area contributed by atoms with E-state index in [1.54, 1.807) is 31.2 Å². The van der Waals surface area contributed by atoms with Crippen molar-refractivity contribution in [1.29, 1.82) is 0 Å². The van der Waals surface area contributed by atoms with Gasteiger partial charge in [-0.2, -0.15) is 9.78 Å². The quantitative estimate of drug-likeness (QED) is 0.128. The molecule has 0 N–H and O–H groups in total. The van der Waals surface area contributed by atoms with Gasteiger partial charge in [0.15, 0.2) is 5.75 Å². The Labute approximate surface area is 230 Å². The van der Waals surface area contributed by atoms with E-state index < -0.39 is 4.92 Å². The van der Waals surface area contributed by atoms with E-state index in [9.17, 15) is 14.9 Å². The topological polar surface area (TPSA) is 109 Å². The molecule has 0 amide bonds. The number of nitro groups is 1. The molecule has 0 bridgehead atoms. The van der Waals surface area contributed by atoms with Crippen molar-refractivity contribution in [1.82, 2.24) is 9.66 Å². The summed E-state index contributed by atoms with van der Waals surface area (Å²) in [5.74, 6) is 0.510. The normalized spacial score (nSPS) is 11.2. The summed E-state index contributed by atoms with van der Waals surface area (Å²) in [7, 11) is 1.39. The number of aryl methyl sites for hydroxylation is 1. The van der Waals surface area contributed by atoms with E-state index in [1.807, 2.05) is 18.2 Å². The van der Waals surface area contributed by atoms with E-state index in [0.717, 1.165) is 23.7 Å². The van der Waals surface area contributed by atoms with Crippen LogP contribution in [0.1, 0.15) is 17.0 Å². The van der Waals surface area contributed by atoms with E-state index in [2.05, 4.69) is 57.9 Å². The third-order valence-electron chi connectivity index (χ3n) is 5.15. The molecular weight excluding hydrogens is 664 g/mol. The van der Waals surface area contributed by atoms with Crippen LogP contribution in [-0.2, 0) is 6.61 Å². The number of ether oxygens (including phenoxy) is 2. The number of hydrogen-bond donors (Lipinski definition) is 0. The molecule has 4 aromatic rings. The Hall–Kier alpha value is -3.09. The van der Waals surface area contributed by atoms with E-state index in [4.69, 9.17) is 9.47 Å². The maximum atomic E-state index is 13.0. The maximum Gasteiger partial charge on any atom is 0.315 e. The third-order valence-corrected chi connectivity index (χ3v) is 6.88. The molecule has 0 saturated heterocycles. The van der Waals surface area contributed by atoms with Crippen LogP contribution in [0.2, 0.25) is 0 Å². The standard InChI is InChI=1S/C24H17Br3N4O5/c1-13-29-20-6-5-16(25)9-18(20)24(32)30(13)28-11-14-7-21(31(33)34)23(22(8-14)35-2)36-12-15-3-4-17(26)10-19(15)27/h3-11H,12H2,1-2H3. The summed E-state index contributed by atoms with van der Waals surface area (Å²) in [5.41, 5.74) is 1.02. The number of fused-ring (bicyclic) bond motifs is 1. The van der Waals surface area contributed by atoms with Gasteiger partial charge in [-0.1, -0.05) is 53.9 Å². The molecule has 12 heteroatoms. The highest BCUT2D eigenvalue weighted by molar-refractivity contribution is 9.11. The fourth-order valence-corrected chi connectivity index (χ4v) is 4.95. The molecule has 184 valence electrons. The molecule has 36 heavy (non-hydrogen) atoms. The highest BCUT2D eigenvalue weighted by Gasteiger charge is 2.22. The molecule has 0 radical (unpaired) electrons. The number of hydrogen-bond acceptors (Lipinski definition) is 7. The number of nitro benzene ring substituents is 1. The number of halogens is 3. The van der Waals surface area contributed by atoms with Crippen LogP contribution < -0.4 is 15.0 Å². The molecule has 0 spiro atoms. The van der Waals surface area contributed by atoms with Crippen molar-refractivity contribution in [3.8, 4) is 11.5 Å². The van der Waals surface area contributed by atoms with Crippen LogP contribution in [0.15, 0.2) is 71.8 Å². The molecule has 0 saturated carbocycles. The predicted octanol–water partition coefficient (Wildman–Crippen LogP) is 6.37. The molecule has 0 aliphatic carbocycles. The third kappa shape index (κ3) is 5.50. The zero-order chi connectivity index (χ0) is 26.0. The lowest BCUT2D eigenvalue weighted by Gasteiger charge is -2.13. The van der Waals surface area contributed by atoms with Gasteiger partial charge in [0, 0.05) is 30.6 Å². The largest absolute Gasteiger partial charge is 0.493 e. The fourth-order valence-electron chi connectivity index (χ4n) is 3.42. The van der Waals surface area contributed by atoms with Gasteiger partial charge >= 0.3 is 5.69 Å². The molecule has 0 atom stereocenters. The fraction of sp³-hybridized carbons (Fsp3) is 0.125. The van der Waals surface area contributed by atoms with E-state index >= 15 is 0 Å². The lowest BCUT2D eigenvalue weighted by Crippen LogP contribution is -2.20. The van der Waals surface area contributed by atoms with Gasteiger partial charge in [0.25, 0.3) is 5.56 Å². The van der Waals surface area contributed by atoms with Crippen LogP contribution in [0.25, 0.3) is 10.9 Å². The molecule has 0 unspecified atom stereocenters. The first-order valence-corrected chi connectivity index (χ1v) is 12.7.